The van der Waals surface area contributed by atoms with Crippen molar-refractivity contribution in [1.82, 2.24) is 5.32 Å². The van der Waals surface area contributed by atoms with Crippen molar-refractivity contribution in [1.29, 1.82) is 0 Å². The van der Waals surface area contributed by atoms with Gasteiger partial charge in [-0.1, -0.05) is 29.8 Å². The summed E-state index contributed by atoms with van der Waals surface area (Å²) in [6, 6.07) is 13.7. The first-order chi connectivity index (χ1) is 11.0. The predicted molar refractivity (Wildman–Crippen MR) is 93.4 cm³/mol. The monoisotopic (exact) mass is 329 g/mol. The van der Waals surface area contributed by atoms with E-state index >= 15 is 0 Å². The Morgan fingerprint density at radius 3 is 2.30 bits per heavy atom. The highest BCUT2D eigenvalue weighted by Crippen LogP contribution is 2.15. The molecule has 0 heterocycles. The van der Waals surface area contributed by atoms with Gasteiger partial charge in [0.2, 0.25) is 5.91 Å². The number of amides is 3. The fraction of sp³-hybridized carbons (Fsp3) is 0.0588. The Hall–Kier alpha value is -2.79. The molecule has 23 heavy (non-hydrogen) atoms. The van der Waals surface area contributed by atoms with Gasteiger partial charge in [-0.3, -0.25) is 4.79 Å². The number of carbonyl (C=O) groups excluding carboxylic acids is 2. The first kappa shape index (κ1) is 16.6. The van der Waals surface area contributed by atoms with Gasteiger partial charge in [-0.15, -0.1) is 0 Å². The van der Waals surface area contributed by atoms with E-state index in [4.69, 9.17) is 11.6 Å². The van der Waals surface area contributed by atoms with Gasteiger partial charge >= 0.3 is 6.03 Å². The Kier molecular flexibility index (Phi) is 5.77. The molecule has 118 valence electrons. The quantitative estimate of drug-likeness (QED) is 0.790. The molecule has 0 fully saturated rings. The third-order valence-electron chi connectivity index (χ3n) is 2.80. The SMILES string of the molecule is CC(=O)Nc1cccc(NC(=O)N/C=C/c2ccc(Cl)cc2)c1. The molecule has 5 nitrogen and oxygen atoms in total. The summed E-state index contributed by atoms with van der Waals surface area (Å²) < 4.78 is 0. The summed E-state index contributed by atoms with van der Waals surface area (Å²) in [6.07, 6.45) is 3.29. The minimum absolute atomic E-state index is 0.169. The lowest BCUT2D eigenvalue weighted by Crippen LogP contribution is -2.23. The zero-order valence-corrected chi connectivity index (χ0v) is 13.2. The molecule has 2 rings (SSSR count). The third kappa shape index (κ3) is 5.84. The Morgan fingerprint density at radius 1 is 1.00 bits per heavy atom. The molecule has 0 saturated heterocycles. The van der Waals surface area contributed by atoms with E-state index in [0.717, 1.165) is 5.56 Å². The van der Waals surface area contributed by atoms with E-state index in [1.807, 2.05) is 12.1 Å². The lowest BCUT2D eigenvalue weighted by molar-refractivity contribution is -0.114. The zero-order chi connectivity index (χ0) is 16.7. The summed E-state index contributed by atoms with van der Waals surface area (Å²) in [5, 5.41) is 8.59. The average molecular weight is 330 g/mol. The maximum absolute atomic E-state index is 11.8. The highest BCUT2D eigenvalue weighted by atomic mass is 35.5. The number of rotatable bonds is 4. The van der Waals surface area contributed by atoms with E-state index in [-0.39, 0.29) is 11.9 Å². The molecule has 0 unspecified atom stereocenters. The minimum atomic E-state index is -0.379. The van der Waals surface area contributed by atoms with Crippen LogP contribution in [0, 0.1) is 0 Å². The van der Waals surface area contributed by atoms with Crippen molar-refractivity contribution in [2.45, 2.75) is 6.92 Å². The number of hydrogen-bond donors (Lipinski definition) is 3. The van der Waals surface area contributed by atoms with Crippen LogP contribution in [-0.4, -0.2) is 11.9 Å². The van der Waals surface area contributed by atoms with Gasteiger partial charge in [0.15, 0.2) is 0 Å². The number of hydrogen-bond acceptors (Lipinski definition) is 2. The molecule has 2 aromatic rings. The molecule has 0 aromatic heterocycles. The number of halogens is 1. The Morgan fingerprint density at radius 2 is 1.65 bits per heavy atom. The van der Waals surface area contributed by atoms with E-state index in [1.54, 1.807) is 42.5 Å². The molecule has 0 aliphatic heterocycles. The van der Waals surface area contributed by atoms with Gasteiger partial charge in [-0.05, 0) is 42.0 Å². The lowest BCUT2D eigenvalue weighted by Gasteiger charge is -2.07. The van der Waals surface area contributed by atoms with Gasteiger partial charge < -0.3 is 16.0 Å². The van der Waals surface area contributed by atoms with Gasteiger partial charge in [-0.2, -0.15) is 0 Å². The molecule has 0 bridgehead atoms. The first-order valence-corrected chi connectivity index (χ1v) is 7.28. The fourth-order valence-electron chi connectivity index (χ4n) is 1.83. The number of anilines is 2. The van der Waals surface area contributed by atoms with Crippen molar-refractivity contribution in [3.05, 3.63) is 65.3 Å². The van der Waals surface area contributed by atoms with Crippen molar-refractivity contribution in [3.8, 4) is 0 Å². The summed E-state index contributed by atoms with van der Waals surface area (Å²) in [5.74, 6) is -0.169. The van der Waals surface area contributed by atoms with Crippen LogP contribution in [-0.2, 0) is 4.79 Å². The number of nitrogens with one attached hydrogen (secondary N) is 3. The second-order valence-electron chi connectivity index (χ2n) is 4.75. The van der Waals surface area contributed by atoms with E-state index in [9.17, 15) is 9.59 Å². The second kappa shape index (κ2) is 8.00. The molecule has 3 N–H and O–H groups in total. The highest BCUT2D eigenvalue weighted by molar-refractivity contribution is 6.30. The Balaban J connectivity index is 1.89. The van der Waals surface area contributed by atoms with Crippen LogP contribution in [0.4, 0.5) is 16.2 Å². The molecule has 0 saturated carbocycles. The van der Waals surface area contributed by atoms with E-state index in [1.165, 1.54) is 13.1 Å². The van der Waals surface area contributed by atoms with Gasteiger partial charge in [0.1, 0.15) is 0 Å². The molecule has 2 aromatic carbocycles. The number of urea groups is 1. The maximum Gasteiger partial charge on any atom is 0.323 e. The number of carbonyl (C=O) groups is 2. The minimum Gasteiger partial charge on any atom is -0.326 e. The van der Waals surface area contributed by atoms with Crippen molar-refractivity contribution < 1.29 is 9.59 Å². The summed E-state index contributed by atoms with van der Waals surface area (Å²) >= 11 is 5.80. The summed E-state index contributed by atoms with van der Waals surface area (Å²) in [7, 11) is 0. The molecule has 0 radical (unpaired) electrons. The van der Waals surface area contributed by atoms with E-state index in [0.29, 0.717) is 16.4 Å². The van der Waals surface area contributed by atoms with E-state index in [2.05, 4.69) is 16.0 Å². The van der Waals surface area contributed by atoms with Crippen LogP contribution in [0.25, 0.3) is 6.08 Å². The van der Waals surface area contributed by atoms with E-state index < -0.39 is 0 Å². The van der Waals surface area contributed by atoms with Gasteiger partial charge in [0, 0.05) is 29.5 Å². The topological polar surface area (TPSA) is 70.2 Å². The third-order valence-corrected chi connectivity index (χ3v) is 3.05. The molecule has 6 heteroatoms. The normalized spacial score (nSPS) is 10.3. The van der Waals surface area contributed by atoms with Crippen LogP contribution in [0.3, 0.4) is 0 Å². The van der Waals surface area contributed by atoms with Crippen molar-refractivity contribution >= 4 is 41.0 Å². The second-order valence-corrected chi connectivity index (χ2v) is 5.18. The summed E-state index contributed by atoms with van der Waals surface area (Å²) in [4.78, 5) is 22.8. The van der Waals surface area contributed by atoms with Crippen molar-refractivity contribution in [2.75, 3.05) is 10.6 Å². The summed E-state index contributed by atoms with van der Waals surface area (Å²) in [5.41, 5.74) is 2.11. The van der Waals surface area contributed by atoms with Crippen LogP contribution >= 0.6 is 11.6 Å². The Bertz CT molecular complexity index is 727. The molecule has 0 atom stereocenters. The molecular weight excluding hydrogens is 314 g/mol. The van der Waals surface area contributed by atoms with Gasteiger partial charge in [-0.25, -0.2) is 4.79 Å². The smallest absolute Gasteiger partial charge is 0.323 e. The zero-order valence-electron chi connectivity index (χ0n) is 12.5. The van der Waals surface area contributed by atoms with Crippen LogP contribution in [0.1, 0.15) is 12.5 Å². The van der Waals surface area contributed by atoms with Crippen molar-refractivity contribution in [2.24, 2.45) is 0 Å². The largest absolute Gasteiger partial charge is 0.326 e. The van der Waals surface area contributed by atoms with Crippen LogP contribution in [0.5, 0.6) is 0 Å². The molecule has 3 amide bonds. The molecule has 0 spiro atoms. The van der Waals surface area contributed by atoms with Crippen LogP contribution in [0.2, 0.25) is 5.02 Å². The molecule has 0 aliphatic rings. The predicted octanol–water partition coefficient (Wildman–Crippen LogP) is 4.09. The molecule has 0 aliphatic carbocycles. The van der Waals surface area contributed by atoms with Gasteiger partial charge in [0.05, 0.1) is 0 Å². The first-order valence-electron chi connectivity index (χ1n) is 6.90. The standard InChI is InChI=1S/C17H16ClN3O2/c1-12(22)20-15-3-2-4-16(11-15)21-17(23)19-10-9-13-5-7-14(18)8-6-13/h2-11H,1H3,(H,20,22)(H2,19,21,23)/b10-9+. The fourth-order valence-corrected chi connectivity index (χ4v) is 1.96. The van der Waals surface area contributed by atoms with Crippen molar-refractivity contribution in [3.63, 3.8) is 0 Å². The van der Waals surface area contributed by atoms with Gasteiger partial charge in [0.25, 0.3) is 0 Å². The summed E-state index contributed by atoms with van der Waals surface area (Å²) in [6.45, 7) is 1.42. The highest BCUT2D eigenvalue weighted by Gasteiger charge is 2.01. The Labute approximate surface area is 139 Å². The maximum atomic E-state index is 11.8. The van der Waals surface area contributed by atoms with Crippen LogP contribution < -0.4 is 16.0 Å². The van der Waals surface area contributed by atoms with Crippen LogP contribution in [0.15, 0.2) is 54.7 Å². The lowest BCUT2D eigenvalue weighted by atomic mass is 10.2. The average Bonchev–Trinajstić information content (AvgIpc) is 2.49. The number of benzene rings is 2. The molecular formula is C17H16ClN3O2.